The van der Waals surface area contributed by atoms with E-state index < -0.39 is 5.97 Å². The monoisotopic (exact) mass is 409 g/mol. The third-order valence-corrected chi connectivity index (χ3v) is 4.54. The minimum atomic E-state index is -0.870. The number of nitrogens with zero attached hydrogens (tertiary/aromatic N) is 1. The number of rotatable bonds is 9. The predicted molar refractivity (Wildman–Crippen MR) is 118 cm³/mol. The molecule has 4 nitrogen and oxygen atoms in total. The minimum absolute atomic E-state index is 0.00985. The molecule has 2 aromatic carbocycles. The summed E-state index contributed by atoms with van der Waals surface area (Å²) in [5.74, 6) is -0.992. The number of carbonyl (C=O) groups excluding carboxylic acids is 1. The maximum absolute atomic E-state index is 12.5. The third-order valence-electron chi connectivity index (χ3n) is 4.31. The molecule has 0 atom stereocenters. The number of carbonyl (C=O) groups is 2. The van der Waals surface area contributed by atoms with Gasteiger partial charge in [-0.1, -0.05) is 60.1 Å². The number of carboxylic acids is 1. The van der Waals surface area contributed by atoms with Gasteiger partial charge >= 0.3 is 5.97 Å². The molecule has 0 aliphatic heterocycles. The second-order valence-corrected chi connectivity index (χ2v) is 7.20. The molecular formula is C24H24ClNO3. The molecule has 0 saturated heterocycles. The number of hydrogen-bond acceptors (Lipinski definition) is 3. The van der Waals surface area contributed by atoms with Crippen LogP contribution >= 0.6 is 11.6 Å². The Hall–Kier alpha value is -3.11. The largest absolute Gasteiger partial charge is 0.481 e. The van der Waals surface area contributed by atoms with E-state index in [2.05, 4.69) is 6.58 Å². The molecule has 0 fully saturated rings. The zero-order chi connectivity index (χ0) is 21.4. The zero-order valence-electron chi connectivity index (χ0n) is 16.6. The Morgan fingerprint density at radius 3 is 2.41 bits per heavy atom. The first-order valence-corrected chi connectivity index (χ1v) is 9.52. The van der Waals surface area contributed by atoms with E-state index in [-0.39, 0.29) is 12.2 Å². The topological polar surface area (TPSA) is 57.6 Å². The normalized spacial score (nSPS) is 11.5. The molecule has 0 aromatic heterocycles. The lowest BCUT2D eigenvalue weighted by molar-refractivity contribution is -0.137. The molecule has 2 rings (SSSR count). The van der Waals surface area contributed by atoms with Crippen LogP contribution in [0.25, 0.3) is 5.57 Å². The summed E-state index contributed by atoms with van der Waals surface area (Å²) in [7, 11) is 1.78. The van der Waals surface area contributed by atoms with Gasteiger partial charge in [-0.05, 0) is 47.9 Å². The van der Waals surface area contributed by atoms with Crippen molar-refractivity contribution in [1.29, 1.82) is 0 Å². The average Bonchev–Trinajstić information content (AvgIpc) is 2.69. The van der Waals surface area contributed by atoms with Gasteiger partial charge in [0.2, 0.25) is 0 Å². The van der Waals surface area contributed by atoms with Crippen molar-refractivity contribution in [2.24, 2.45) is 0 Å². The number of halogens is 1. The van der Waals surface area contributed by atoms with Crippen LogP contribution in [0.1, 0.15) is 27.9 Å². The van der Waals surface area contributed by atoms with Crippen molar-refractivity contribution < 1.29 is 14.7 Å². The molecule has 2 aromatic rings. The smallest absolute Gasteiger partial charge is 0.305 e. The Balaban J connectivity index is 2.30. The van der Waals surface area contributed by atoms with Crippen molar-refractivity contribution in [3.63, 3.8) is 0 Å². The first kappa shape index (κ1) is 22.2. The van der Waals surface area contributed by atoms with Gasteiger partial charge in [-0.25, -0.2) is 0 Å². The molecule has 0 heterocycles. The highest BCUT2D eigenvalue weighted by molar-refractivity contribution is 6.30. The lowest BCUT2D eigenvalue weighted by atomic mass is 9.98. The summed E-state index contributed by atoms with van der Waals surface area (Å²) in [5, 5.41) is 9.48. The maximum Gasteiger partial charge on any atom is 0.305 e. The number of hydrogen-bond donors (Lipinski definition) is 1. The fraction of sp³-hybridized carbons (Fsp3) is 0.167. The van der Waals surface area contributed by atoms with Crippen LogP contribution in [0.4, 0.5) is 0 Å². The van der Waals surface area contributed by atoms with Crippen molar-refractivity contribution in [2.75, 3.05) is 13.6 Å². The lowest BCUT2D eigenvalue weighted by Crippen LogP contribution is -2.16. The van der Waals surface area contributed by atoms with Crippen molar-refractivity contribution in [3.8, 4) is 0 Å². The molecule has 0 radical (unpaired) electrons. The summed E-state index contributed by atoms with van der Waals surface area (Å²) in [4.78, 5) is 25.1. The number of aryl methyl sites for hydroxylation is 1. The van der Waals surface area contributed by atoms with Gasteiger partial charge in [0.25, 0.3) is 0 Å². The number of ketones is 1. The van der Waals surface area contributed by atoms with Crippen LogP contribution in [-0.4, -0.2) is 35.4 Å². The van der Waals surface area contributed by atoms with Crippen molar-refractivity contribution in [3.05, 3.63) is 101 Å². The third kappa shape index (κ3) is 7.09. The van der Waals surface area contributed by atoms with E-state index in [0.717, 1.165) is 11.1 Å². The highest BCUT2D eigenvalue weighted by Crippen LogP contribution is 2.25. The van der Waals surface area contributed by atoms with Gasteiger partial charge < -0.3 is 10.0 Å². The summed E-state index contributed by atoms with van der Waals surface area (Å²) in [6, 6.07) is 14.6. The molecule has 0 aliphatic rings. The van der Waals surface area contributed by atoms with E-state index in [4.69, 9.17) is 16.7 Å². The number of allylic oxidation sites excluding steroid dienone is 4. The van der Waals surface area contributed by atoms with Crippen LogP contribution in [0, 0.1) is 6.92 Å². The minimum Gasteiger partial charge on any atom is -0.481 e. The van der Waals surface area contributed by atoms with Crippen molar-refractivity contribution >= 4 is 28.9 Å². The van der Waals surface area contributed by atoms with E-state index in [1.165, 1.54) is 6.08 Å². The van der Waals surface area contributed by atoms with E-state index >= 15 is 0 Å². The fourth-order valence-electron chi connectivity index (χ4n) is 2.62. The first-order chi connectivity index (χ1) is 13.8. The summed E-state index contributed by atoms with van der Waals surface area (Å²) >= 11 is 6.10. The molecule has 0 aliphatic carbocycles. The van der Waals surface area contributed by atoms with Gasteiger partial charge in [-0.3, -0.25) is 9.59 Å². The van der Waals surface area contributed by atoms with Gasteiger partial charge in [0.15, 0.2) is 5.78 Å². The predicted octanol–water partition coefficient (Wildman–Crippen LogP) is 5.39. The molecule has 1 N–H and O–H groups in total. The number of carboxylic acid groups (broad SMARTS) is 1. The second-order valence-electron chi connectivity index (χ2n) is 6.76. The zero-order valence-corrected chi connectivity index (χ0v) is 17.3. The summed E-state index contributed by atoms with van der Waals surface area (Å²) < 4.78 is 0. The van der Waals surface area contributed by atoms with Gasteiger partial charge in [0, 0.05) is 30.4 Å². The fourth-order valence-corrected chi connectivity index (χ4v) is 2.81. The van der Waals surface area contributed by atoms with Crippen LogP contribution in [0.15, 0.2) is 79.0 Å². The molecule has 150 valence electrons. The van der Waals surface area contributed by atoms with Gasteiger partial charge in [0.05, 0.1) is 6.42 Å². The van der Waals surface area contributed by atoms with Crippen LogP contribution in [-0.2, 0) is 4.79 Å². The van der Waals surface area contributed by atoms with Crippen LogP contribution in [0.5, 0.6) is 0 Å². The average molecular weight is 410 g/mol. The molecular weight excluding hydrogens is 386 g/mol. The standard InChI is InChI=1S/C24H24ClNO3/c1-17-7-9-19(10-8-17)23(27)12-11-21(16-26(3)14-13-24(28)29)18(2)20-5-4-6-22(25)15-20/h4-12,15-16H,2,13-14H2,1,3H3,(H,28,29)/b12-11+,21-16-. The van der Waals surface area contributed by atoms with Gasteiger partial charge in [0.1, 0.15) is 0 Å². The first-order valence-electron chi connectivity index (χ1n) is 9.14. The SMILES string of the molecule is C=C(C(=C\N(C)CCC(=O)O)/C=C/C(=O)c1ccc(C)cc1)c1cccc(Cl)c1. The number of benzene rings is 2. The van der Waals surface area contributed by atoms with E-state index in [0.29, 0.717) is 28.3 Å². The van der Waals surface area contributed by atoms with Gasteiger partial charge in [-0.15, -0.1) is 0 Å². The van der Waals surface area contributed by atoms with Crippen LogP contribution < -0.4 is 0 Å². The molecule has 0 spiro atoms. The highest BCUT2D eigenvalue weighted by Gasteiger charge is 2.08. The van der Waals surface area contributed by atoms with E-state index in [1.807, 2.05) is 31.2 Å². The Morgan fingerprint density at radius 2 is 1.79 bits per heavy atom. The highest BCUT2D eigenvalue weighted by atomic mass is 35.5. The molecule has 29 heavy (non-hydrogen) atoms. The summed E-state index contributed by atoms with van der Waals surface area (Å²) in [6.07, 6.45) is 4.99. The molecule has 0 amide bonds. The molecule has 0 unspecified atom stereocenters. The Morgan fingerprint density at radius 1 is 1.10 bits per heavy atom. The summed E-state index contributed by atoms with van der Waals surface area (Å²) in [5.41, 5.74) is 3.88. The van der Waals surface area contributed by atoms with Crippen LogP contribution in [0.3, 0.4) is 0 Å². The lowest BCUT2D eigenvalue weighted by Gasteiger charge is -2.16. The number of aliphatic carboxylic acids is 1. The van der Waals surface area contributed by atoms with Crippen LogP contribution in [0.2, 0.25) is 5.02 Å². The molecule has 5 heteroatoms. The molecule has 0 saturated carbocycles. The summed E-state index contributed by atoms with van der Waals surface area (Å²) in [6.45, 7) is 6.44. The van der Waals surface area contributed by atoms with Crippen molar-refractivity contribution in [1.82, 2.24) is 4.90 Å². The van der Waals surface area contributed by atoms with Gasteiger partial charge in [-0.2, -0.15) is 0 Å². The van der Waals surface area contributed by atoms with Crippen molar-refractivity contribution in [2.45, 2.75) is 13.3 Å². The Kier molecular flexibility index (Phi) is 7.98. The Labute approximate surface area is 176 Å². The maximum atomic E-state index is 12.5. The quantitative estimate of drug-likeness (QED) is 0.342. The second kappa shape index (κ2) is 10.4. The Bertz CT molecular complexity index is 958. The molecule has 0 bridgehead atoms. The van der Waals surface area contributed by atoms with E-state index in [9.17, 15) is 9.59 Å². The van der Waals surface area contributed by atoms with E-state index in [1.54, 1.807) is 48.5 Å².